The van der Waals surface area contributed by atoms with E-state index in [4.69, 9.17) is 23.2 Å². The van der Waals surface area contributed by atoms with Crippen molar-refractivity contribution in [2.24, 2.45) is 5.92 Å². The molecule has 24 heavy (non-hydrogen) atoms. The Balaban J connectivity index is 2.20. The largest absolute Gasteiger partial charge is 0.354 e. The molecule has 1 aliphatic rings. The highest BCUT2D eigenvalue weighted by atomic mass is 35.5. The number of halogens is 2. The van der Waals surface area contributed by atoms with Gasteiger partial charge >= 0.3 is 6.03 Å². The van der Waals surface area contributed by atoms with Gasteiger partial charge in [-0.25, -0.2) is 4.79 Å². The molecule has 2 N–H and O–H groups in total. The molecule has 1 aromatic rings. The van der Waals surface area contributed by atoms with Crippen molar-refractivity contribution in [3.05, 3.63) is 33.8 Å². The van der Waals surface area contributed by atoms with Gasteiger partial charge in [-0.05, 0) is 25.0 Å². The van der Waals surface area contributed by atoms with Gasteiger partial charge in [-0.2, -0.15) is 0 Å². The summed E-state index contributed by atoms with van der Waals surface area (Å²) in [4.78, 5) is 37.7. The monoisotopic (exact) mass is 371 g/mol. The summed E-state index contributed by atoms with van der Waals surface area (Å²) in [6.07, 6.45) is 0. The number of hydrogen-bond donors (Lipinski definition) is 2. The summed E-state index contributed by atoms with van der Waals surface area (Å²) in [6.45, 7) is 5.59. The van der Waals surface area contributed by atoms with E-state index in [1.54, 1.807) is 19.1 Å². The summed E-state index contributed by atoms with van der Waals surface area (Å²) in [5.41, 5.74) is -0.908. The van der Waals surface area contributed by atoms with Crippen LogP contribution in [0.5, 0.6) is 0 Å². The molecular weight excluding hydrogens is 353 g/mol. The van der Waals surface area contributed by atoms with Crippen molar-refractivity contribution < 1.29 is 14.4 Å². The van der Waals surface area contributed by atoms with Crippen LogP contribution in [0.15, 0.2) is 18.2 Å². The van der Waals surface area contributed by atoms with Crippen molar-refractivity contribution in [1.29, 1.82) is 0 Å². The Kier molecular flexibility index (Phi) is 5.40. The minimum atomic E-state index is -1.34. The van der Waals surface area contributed by atoms with Crippen molar-refractivity contribution >= 4 is 41.0 Å². The van der Waals surface area contributed by atoms with Crippen LogP contribution in [0, 0.1) is 5.92 Å². The van der Waals surface area contributed by atoms with Gasteiger partial charge in [-0.1, -0.05) is 43.1 Å². The average molecular weight is 372 g/mol. The highest BCUT2D eigenvalue weighted by Crippen LogP contribution is 2.34. The van der Waals surface area contributed by atoms with Gasteiger partial charge in [0.25, 0.3) is 5.91 Å². The SMILES string of the molecule is CC(C)CNC(=O)CN1C(=O)NC(C)(c2ccc(Cl)cc2Cl)C1=O. The zero-order valence-corrected chi connectivity index (χ0v) is 15.2. The van der Waals surface area contributed by atoms with E-state index in [0.717, 1.165) is 4.90 Å². The average Bonchev–Trinajstić information content (AvgIpc) is 2.69. The highest BCUT2D eigenvalue weighted by molar-refractivity contribution is 6.35. The van der Waals surface area contributed by atoms with Crippen LogP contribution in [0.3, 0.4) is 0 Å². The second kappa shape index (κ2) is 6.99. The van der Waals surface area contributed by atoms with Gasteiger partial charge in [-0.3, -0.25) is 14.5 Å². The molecular formula is C16H19Cl2N3O3. The molecule has 0 aliphatic carbocycles. The number of nitrogens with zero attached hydrogens (tertiary/aromatic N) is 1. The maximum Gasteiger partial charge on any atom is 0.325 e. The van der Waals surface area contributed by atoms with E-state index in [1.165, 1.54) is 6.07 Å². The van der Waals surface area contributed by atoms with E-state index in [-0.39, 0.29) is 17.5 Å². The maximum atomic E-state index is 12.7. The Morgan fingerprint density at radius 2 is 2.00 bits per heavy atom. The lowest BCUT2D eigenvalue weighted by atomic mass is 9.92. The molecule has 130 valence electrons. The van der Waals surface area contributed by atoms with Crippen LogP contribution < -0.4 is 10.6 Å². The van der Waals surface area contributed by atoms with Gasteiger partial charge in [0.2, 0.25) is 5.91 Å². The summed E-state index contributed by atoms with van der Waals surface area (Å²) in [7, 11) is 0. The lowest BCUT2D eigenvalue weighted by Crippen LogP contribution is -2.43. The van der Waals surface area contributed by atoms with Gasteiger partial charge in [0.15, 0.2) is 0 Å². The van der Waals surface area contributed by atoms with Crippen LogP contribution in [-0.4, -0.2) is 35.8 Å². The molecule has 0 spiro atoms. The van der Waals surface area contributed by atoms with Crippen LogP contribution in [0.25, 0.3) is 0 Å². The van der Waals surface area contributed by atoms with Crippen LogP contribution >= 0.6 is 23.2 Å². The summed E-state index contributed by atoms with van der Waals surface area (Å²) in [5.74, 6) is -0.648. The molecule has 8 heteroatoms. The number of hydrogen-bond acceptors (Lipinski definition) is 3. The quantitative estimate of drug-likeness (QED) is 0.780. The van der Waals surface area contributed by atoms with E-state index in [0.29, 0.717) is 17.1 Å². The first-order valence-corrected chi connectivity index (χ1v) is 8.27. The van der Waals surface area contributed by atoms with Crippen LogP contribution in [-0.2, 0) is 15.1 Å². The number of rotatable bonds is 5. The third-order valence-corrected chi connectivity index (χ3v) is 4.30. The number of carbonyl (C=O) groups is 3. The third kappa shape index (κ3) is 3.65. The normalized spacial score (nSPS) is 20.5. The van der Waals surface area contributed by atoms with Gasteiger partial charge < -0.3 is 10.6 Å². The second-order valence-corrected chi connectivity index (χ2v) is 7.11. The van der Waals surface area contributed by atoms with Crippen LogP contribution in [0.4, 0.5) is 4.79 Å². The molecule has 6 nitrogen and oxygen atoms in total. The summed E-state index contributed by atoms with van der Waals surface area (Å²) in [5, 5.41) is 5.98. The number of amides is 4. The molecule has 1 saturated heterocycles. The first-order chi connectivity index (χ1) is 11.1. The molecule has 1 fully saturated rings. The number of nitrogens with one attached hydrogen (secondary N) is 2. The predicted molar refractivity (Wildman–Crippen MR) is 91.9 cm³/mol. The topological polar surface area (TPSA) is 78.5 Å². The standard InChI is InChI=1S/C16H19Cl2N3O3/c1-9(2)7-19-13(22)8-21-14(23)16(3,20-15(21)24)11-5-4-10(17)6-12(11)18/h4-6,9H,7-8H2,1-3H3,(H,19,22)(H,20,24). The van der Waals surface area contributed by atoms with Crippen molar-refractivity contribution in [3.63, 3.8) is 0 Å². The van der Waals surface area contributed by atoms with Crippen molar-refractivity contribution in [2.45, 2.75) is 26.3 Å². The van der Waals surface area contributed by atoms with E-state index >= 15 is 0 Å². The van der Waals surface area contributed by atoms with Crippen molar-refractivity contribution in [1.82, 2.24) is 15.5 Å². The zero-order chi connectivity index (χ0) is 18.1. The van der Waals surface area contributed by atoms with Gasteiger partial charge in [0, 0.05) is 22.2 Å². The third-order valence-electron chi connectivity index (χ3n) is 3.75. The number of imide groups is 1. The molecule has 1 heterocycles. The molecule has 1 aliphatic heterocycles. The molecule has 0 bridgehead atoms. The molecule has 1 atom stereocenters. The summed E-state index contributed by atoms with van der Waals surface area (Å²) >= 11 is 12.0. The highest BCUT2D eigenvalue weighted by Gasteiger charge is 2.50. The number of benzene rings is 1. The Bertz CT molecular complexity index is 693. The molecule has 2 rings (SSSR count). The first kappa shape index (κ1) is 18.5. The van der Waals surface area contributed by atoms with E-state index in [2.05, 4.69) is 10.6 Å². The fraction of sp³-hybridized carbons (Fsp3) is 0.438. The molecule has 0 saturated carbocycles. The second-order valence-electron chi connectivity index (χ2n) is 6.27. The van der Waals surface area contributed by atoms with Gasteiger partial charge in [0.05, 0.1) is 0 Å². The van der Waals surface area contributed by atoms with Crippen molar-refractivity contribution in [2.75, 3.05) is 13.1 Å². The Hall–Kier alpha value is -1.79. The minimum Gasteiger partial charge on any atom is -0.354 e. The Morgan fingerprint density at radius 3 is 2.58 bits per heavy atom. The molecule has 1 unspecified atom stereocenters. The van der Waals surface area contributed by atoms with Crippen LogP contribution in [0.1, 0.15) is 26.3 Å². The Labute approximate surface area is 150 Å². The lowest BCUT2D eigenvalue weighted by Gasteiger charge is -2.23. The fourth-order valence-electron chi connectivity index (χ4n) is 2.44. The van der Waals surface area contributed by atoms with Crippen LogP contribution in [0.2, 0.25) is 10.0 Å². The summed E-state index contributed by atoms with van der Waals surface area (Å²) in [6, 6.07) is 4.05. The molecule has 0 aromatic heterocycles. The lowest BCUT2D eigenvalue weighted by molar-refractivity contribution is -0.134. The number of urea groups is 1. The van der Waals surface area contributed by atoms with E-state index in [9.17, 15) is 14.4 Å². The van der Waals surface area contributed by atoms with E-state index < -0.39 is 23.4 Å². The number of carbonyl (C=O) groups excluding carboxylic acids is 3. The smallest absolute Gasteiger partial charge is 0.325 e. The molecule has 0 radical (unpaired) electrons. The minimum absolute atomic E-state index is 0.268. The molecule has 4 amide bonds. The first-order valence-electron chi connectivity index (χ1n) is 7.51. The predicted octanol–water partition coefficient (Wildman–Crippen LogP) is 2.53. The summed E-state index contributed by atoms with van der Waals surface area (Å²) < 4.78 is 0. The fourth-order valence-corrected chi connectivity index (χ4v) is 3.03. The molecule has 1 aromatic carbocycles. The van der Waals surface area contributed by atoms with Gasteiger partial charge in [0.1, 0.15) is 12.1 Å². The van der Waals surface area contributed by atoms with Gasteiger partial charge in [-0.15, -0.1) is 0 Å². The van der Waals surface area contributed by atoms with E-state index in [1.807, 2.05) is 13.8 Å². The zero-order valence-electron chi connectivity index (χ0n) is 13.7. The Morgan fingerprint density at radius 1 is 1.33 bits per heavy atom. The van der Waals surface area contributed by atoms with Crippen molar-refractivity contribution in [3.8, 4) is 0 Å². The maximum absolute atomic E-state index is 12.7.